The summed E-state index contributed by atoms with van der Waals surface area (Å²) < 4.78 is 0. The lowest BCUT2D eigenvalue weighted by atomic mass is 10.1. The zero-order valence-corrected chi connectivity index (χ0v) is 7.77. The highest BCUT2D eigenvalue weighted by Gasteiger charge is 2.02. The summed E-state index contributed by atoms with van der Waals surface area (Å²) in [5.41, 5.74) is 8.02. The molecule has 0 radical (unpaired) electrons. The maximum atomic E-state index is 5.88. The van der Waals surface area contributed by atoms with Gasteiger partial charge in [0, 0.05) is 11.8 Å². The molecule has 0 atom stereocenters. The SMILES string of the molecule is NC1=C(c2ccccc2)C=CC=CN1. The van der Waals surface area contributed by atoms with Crippen LogP contribution in [0.4, 0.5) is 0 Å². The van der Waals surface area contributed by atoms with Crippen molar-refractivity contribution < 1.29 is 0 Å². The summed E-state index contributed by atoms with van der Waals surface area (Å²) in [6.45, 7) is 0. The Morgan fingerprint density at radius 3 is 2.57 bits per heavy atom. The van der Waals surface area contributed by atoms with Crippen LogP contribution in [0.25, 0.3) is 5.57 Å². The van der Waals surface area contributed by atoms with Gasteiger partial charge in [0.15, 0.2) is 0 Å². The van der Waals surface area contributed by atoms with Crippen molar-refractivity contribution in [2.24, 2.45) is 5.73 Å². The standard InChI is InChI=1S/C12H12N2/c13-12-11(8-4-5-9-14-12)10-6-2-1-3-7-10/h1-9,14H,13H2. The van der Waals surface area contributed by atoms with Crippen molar-refractivity contribution in [3.8, 4) is 0 Å². The zero-order valence-electron chi connectivity index (χ0n) is 7.77. The number of benzene rings is 1. The Kier molecular flexibility index (Phi) is 2.36. The van der Waals surface area contributed by atoms with E-state index in [2.05, 4.69) is 5.32 Å². The van der Waals surface area contributed by atoms with Gasteiger partial charge in [-0.05, 0) is 11.6 Å². The molecule has 1 aliphatic heterocycles. The molecule has 0 amide bonds. The summed E-state index contributed by atoms with van der Waals surface area (Å²) in [6, 6.07) is 10.1. The Labute approximate surface area is 83.4 Å². The van der Waals surface area contributed by atoms with Crippen molar-refractivity contribution in [3.63, 3.8) is 0 Å². The number of hydrogen-bond acceptors (Lipinski definition) is 2. The maximum absolute atomic E-state index is 5.88. The molecule has 14 heavy (non-hydrogen) atoms. The Morgan fingerprint density at radius 2 is 1.79 bits per heavy atom. The molecule has 3 N–H and O–H groups in total. The van der Waals surface area contributed by atoms with Crippen LogP contribution in [-0.2, 0) is 0 Å². The van der Waals surface area contributed by atoms with Gasteiger partial charge in [-0.2, -0.15) is 0 Å². The Balaban J connectivity index is 2.43. The van der Waals surface area contributed by atoms with Gasteiger partial charge >= 0.3 is 0 Å². The summed E-state index contributed by atoms with van der Waals surface area (Å²) in [5, 5.41) is 3.01. The molecule has 1 aliphatic rings. The second kappa shape index (κ2) is 3.83. The summed E-state index contributed by atoms with van der Waals surface area (Å²) in [7, 11) is 0. The predicted octanol–water partition coefficient (Wildman–Crippen LogP) is 1.99. The van der Waals surface area contributed by atoms with E-state index in [0.717, 1.165) is 11.1 Å². The van der Waals surface area contributed by atoms with Crippen molar-refractivity contribution in [2.75, 3.05) is 0 Å². The fraction of sp³-hybridized carbons (Fsp3) is 0. The van der Waals surface area contributed by atoms with Gasteiger partial charge in [0.1, 0.15) is 5.82 Å². The van der Waals surface area contributed by atoms with E-state index < -0.39 is 0 Å². The monoisotopic (exact) mass is 184 g/mol. The van der Waals surface area contributed by atoms with E-state index in [1.165, 1.54) is 0 Å². The van der Waals surface area contributed by atoms with Crippen molar-refractivity contribution >= 4 is 5.57 Å². The van der Waals surface area contributed by atoms with Crippen LogP contribution in [-0.4, -0.2) is 0 Å². The van der Waals surface area contributed by atoms with Crippen LogP contribution in [0, 0.1) is 0 Å². The van der Waals surface area contributed by atoms with Crippen LogP contribution in [0.1, 0.15) is 5.56 Å². The van der Waals surface area contributed by atoms with Gasteiger partial charge in [-0.15, -0.1) is 0 Å². The molecule has 0 saturated heterocycles. The third-order valence-corrected chi connectivity index (χ3v) is 2.08. The Hall–Kier alpha value is -1.96. The van der Waals surface area contributed by atoms with E-state index in [9.17, 15) is 0 Å². The number of nitrogens with one attached hydrogen (secondary N) is 1. The van der Waals surface area contributed by atoms with Crippen molar-refractivity contribution in [1.82, 2.24) is 5.32 Å². The molecule has 0 saturated carbocycles. The van der Waals surface area contributed by atoms with E-state index in [0.29, 0.717) is 5.82 Å². The molecule has 0 aromatic heterocycles. The largest absolute Gasteiger partial charge is 0.385 e. The van der Waals surface area contributed by atoms with Gasteiger partial charge in [0.25, 0.3) is 0 Å². The fourth-order valence-electron chi connectivity index (χ4n) is 1.38. The van der Waals surface area contributed by atoms with Gasteiger partial charge in [-0.1, -0.05) is 42.5 Å². The molecule has 0 bridgehead atoms. The molecule has 1 aromatic rings. The first-order valence-electron chi connectivity index (χ1n) is 4.53. The van der Waals surface area contributed by atoms with Crippen LogP contribution in [0.3, 0.4) is 0 Å². The van der Waals surface area contributed by atoms with Crippen LogP contribution in [0.2, 0.25) is 0 Å². The average molecular weight is 184 g/mol. The summed E-state index contributed by atoms with van der Waals surface area (Å²) in [6.07, 6.45) is 7.71. The van der Waals surface area contributed by atoms with Crippen molar-refractivity contribution in [2.45, 2.75) is 0 Å². The molecule has 1 aromatic carbocycles. The summed E-state index contributed by atoms with van der Waals surface area (Å²) in [4.78, 5) is 0. The molecule has 70 valence electrons. The van der Waals surface area contributed by atoms with E-state index in [1.807, 2.05) is 54.8 Å². The van der Waals surface area contributed by atoms with E-state index in [1.54, 1.807) is 0 Å². The molecule has 1 heterocycles. The third-order valence-electron chi connectivity index (χ3n) is 2.08. The van der Waals surface area contributed by atoms with Crippen molar-refractivity contribution in [3.05, 3.63) is 66.1 Å². The minimum absolute atomic E-state index is 0.682. The first-order chi connectivity index (χ1) is 6.88. The molecule has 0 fully saturated rings. The minimum atomic E-state index is 0.682. The van der Waals surface area contributed by atoms with Gasteiger partial charge in [-0.25, -0.2) is 0 Å². The third kappa shape index (κ3) is 1.69. The van der Waals surface area contributed by atoms with Crippen molar-refractivity contribution in [1.29, 1.82) is 0 Å². The molecule has 0 aliphatic carbocycles. The smallest absolute Gasteiger partial charge is 0.108 e. The first-order valence-corrected chi connectivity index (χ1v) is 4.53. The number of allylic oxidation sites excluding steroid dienone is 4. The number of hydrogen-bond donors (Lipinski definition) is 2. The lowest BCUT2D eigenvalue weighted by molar-refractivity contribution is 1.04. The minimum Gasteiger partial charge on any atom is -0.385 e. The second-order valence-corrected chi connectivity index (χ2v) is 3.06. The molecule has 2 heteroatoms. The van der Waals surface area contributed by atoms with Gasteiger partial charge < -0.3 is 11.1 Å². The lowest BCUT2D eigenvalue weighted by Crippen LogP contribution is -2.15. The van der Waals surface area contributed by atoms with Gasteiger partial charge in [0.2, 0.25) is 0 Å². The van der Waals surface area contributed by atoms with Gasteiger partial charge in [-0.3, -0.25) is 0 Å². The normalized spacial score (nSPS) is 15.1. The maximum Gasteiger partial charge on any atom is 0.108 e. The van der Waals surface area contributed by atoms with Gasteiger partial charge in [0.05, 0.1) is 0 Å². The highest BCUT2D eigenvalue weighted by Crippen LogP contribution is 2.17. The molecular formula is C12H12N2. The summed E-state index contributed by atoms with van der Waals surface area (Å²) in [5.74, 6) is 0.682. The fourth-order valence-corrected chi connectivity index (χ4v) is 1.38. The Bertz CT molecular complexity index is 400. The molecule has 0 spiro atoms. The first kappa shape index (κ1) is 8.63. The molecule has 2 nitrogen and oxygen atoms in total. The topological polar surface area (TPSA) is 38.0 Å². The second-order valence-electron chi connectivity index (χ2n) is 3.06. The van der Waals surface area contributed by atoms with E-state index in [-0.39, 0.29) is 0 Å². The quantitative estimate of drug-likeness (QED) is 0.700. The zero-order chi connectivity index (χ0) is 9.80. The highest BCUT2D eigenvalue weighted by molar-refractivity contribution is 5.76. The molecule has 0 unspecified atom stereocenters. The molecule has 2 rings (SSSR count). The average Bonchev–Trinajstić information content (AvgIpc) is 2.44. The van der Waals surface area contributed by atoms with E-state index >= 15 is 0 Å². The Morgan fingerprint density at radius 1 is 1.00 bits per heavy atom. The number of rotatable bonds is 1. The van der Waals surface area contributed by atoms with Crippen LogP contribution in [0.15, 0.2) is 60.6 Å². The highest BCUT2D eigenvalue weighted by atomic mass is 15.0. The summed E-state index contributed by atoms with van der Waals surface area (Å²) >= 11 is 0. The van der Waals surface area contributed by atoms with Crippen LogP contribution < -0.4 is 11.1 Å². The molecular weight excluding hydrogens is 172 g/mol. The van der Waals surface area contributed by atoms with E-state index in [4.69, 9.17) is 5.73 Å². The predicted molar refractivity (Wildman–Crippen MR) is 59.0 cm³/mol. The van der Waals surface area contributed by atoms with Crippen LogP contribution in [0.5, 0.6) is 0 Å². The van der Waals surface area contributed by atoms with Crippen LogP contribution >= 0.6 is 0 Å². The number of nitrogens with two attached hydrogens (primary N) is 1. The lowest BCUT2D eigenvalue weighted by Gasteiger charge is -2.06.